The van der Waals surface area contributed by atoms with E-state index in [0.29, 0.717) is 22.7 Å². The second kappa shape index (κ2) is 8.87. The third-order valence-electron chi connectivity index (χ3n) is 3.80. The smallest absolute Gasteiger partial charge is 0.255 e. The summed E-state index contributed by atoms with van der Waals surface area (Å²) in [6.45, 7) is 3.58. The number of methoxy groups -OCH3 is 1. The number of anilines is 2. The monoisotopic (exact) mass is 340 g/mol. The molecule has 5 heteroatoms. The number of amides is 2. The lowest BCUT2D eigenvalue weighted by Gasteiger charge is -2.12. The van der Waals surface area contributed by atoms with Crippen molar-refractivity contribution in [2.24, 2.45) is 0 Å². The fourth-order valence-corrected chi connectivity index (χ4v) is 2.48. The molecule has 2 amide bonds. The third-order valence-corrected chi connectivity index (χ3v) is 3.80. The van der Waals surface area contributed by atoms with Crippen LogP contribution in [0.4, 0.5) is 11.4 Å². The van der Waals surface area contributed by atoms with Gasteiger partial charge in [-0.25, -0.2) is 0 Å². The molecule has 0 heterocycles. The van der Waals surface area contributed by atoms with Crippen molar-refractivity contribution in [3.8, 4) is 5.75 Å². The first kappa shape index (κ1) is 18.5. The van der Waals surface area contributed by atoms with Gasteiger partial charge in [0, 0.05) is 18.2 Å². The maximum Gasteiger partial charge on any atom is 0.255 e. The highest BCUT2D eigenvalue weighted by atomic mass is 16.5. The van der Waals surface area contributed by atoms with Crippen LogP contribution in [0, 0.1) is 0 Å². The summed E-state index contributed by atoms with van der Waals surface area (Å²) < 4.78 is 5.21. The van der Waals surface area contributed by atoms with Crippen molar-refractivity contribution in [1.29, 1.82) is 0 Å². The minimum absolute atomic E-state index is 0.194. The van der Waals surface area contributed by atoms with Gasteiger partial charge >= 0.3 is 0 Å². The van der Waals surface area contributed by atoms with Crippen LogP contribution >= 0.6 is 0 Å². The molecule has 0 aliphatic heterocycles. The first-order valence-corrected chi connectivity index (χ1v) is 8.39. The Hall–Kier alpha value is -2.82. The standard InChI is InChI=1S/C20H24N2O3/c1-4-5-6-15-7-9-16(10-8-15)20(24)22-17-11-12-19(25-3)18(13-17)21-14(2)23/h7-13H,4-6H2,1-3H3,(H,21,23)(H,22,24). The summed E-state index contributed by atoms with van der Waals surface area (Å²) in [7, 11) is 1.53. The maximum absolute atomic E-state index is 12.4. The zero-order chi connectivity index (χ0) is 18.2. The lowest BCUT2D eigenvalue weighted by atomic mass is 10.1. The average molecular weight is 340 g/mol. The van der Waals surface area contributed by atoms with Crippen LogP contribution in [0.5, 0.6) is 5.75 Å². The molecule has 0 atom stereocenters. The molecule has 0 bridgehead atoms. The van der Waals surface area contributed by atoms with Gasteiger partial charge < -0.3 is 15.4 Å². The summed E-state index contributed by atoms with van der Waals surface area (Å²) in [5.41, 5.74) is 2.93. The van der Waals surface area contributed by atoms with E-state index >= 15 is 0 Å². The van der Waals surface area contributed by atoms with Crippen LogP contribution in [0.15, 0.2) is 42.5 Å². The second-order valence-corrected chi connectivity index (χ2v) is 5.85. The van der Waals surface area contributed by atoms with Gasteiger partial charge in [-0.15, -0.1) is 0 Å². The molecule has 25 heavy (non-hydrogen) atoms. The number of ether oxygens (including phenoxy) is 1. The summed E-state index contributed by atoms with van der Waals surface area (Å²) in [4.78, 5) is 23.7. The van der Waals surface area contributed by atoms with Crippen LogP contribution in [0.2, 0.25) is 0 Å². The van der Waals surface area contributed by atoms with E-state index in [9.17, 15) is 9.59 Å². The van der Waals surface area contributed by atoms with Crippen molar-refractivity contribution < 1.29 is 14.3 Å². The molecule has 0 radical (unpaired) electrons. The molecule has 0 aliphatic carbocycles. The van der Waals surface area contributed by atoms with E-state index in [1.165, 1.54) is 19.6 Å². The van der Waals surface area contributed by atoms with Gasteiger partial charge in [0.15, 0.2) is 0 Å². The van der Waals surface area contributed by atoms with Crippen molar-refractivity contribution in [3.05, 3.63) is 53.6 Å². The molecule has 0 spiro atoms. The van der Waals surface area contributed by atoms with Crippen LogP contribution in [0.25, 0.3) is 0 Å². The van der Waals surface area contributed by atoms with E-state index < -0.39 is 0 Å². The van der Waals surface area contributed by atoms with Gasteiger partial charge in [-0.3, -0.25) is 9.59 Å². The zero-order valence-corrected chi connectivity index (χ0v) is 14.9. The fraction of sp³-hybridized carbons (Fsp3) is 0.300. The summed E-state index contributed by atoms with van der Waals surface area (Å²) in [5, 5.41) is 5.53. The van der Waals surface area contributed by atoms with Crippen molar-refractivity contribution in [1.82, 2.24) is 0 Å². The lowest BCUT2D eigenvalue weighted by Crippen LogP contribution is -2.13. The summed E-state index contributed by atoms with van der Waals surface area (Å²) >= 11 is 0. The van der Waals surface area contributed by atoms with Crippen LogP contribution in [-0.4, -0.2) is 18.9 Å². The molecule has 2 aromatic rings. The highest BCUT2D eigenvalue weighted by Crippen LogP contribution is 2.28. The molecule has 5 nitrogen and oxygen atoms in total. The van der Waals surface area contributed by atoms with Gasteiger partial charge in [0.2, 0.25) is 5.91 Å². The summed E-state index contributed by atoms with van der Waals surface area (Å²) in [6.07, 6.45) is 3.32. The molecule has 2 rings (SSSR count). The number of rotatable bonds is 7. The van der Waals surface area contributed by atoms with Crippen molar-refractivity contribution in [2.75, 3.05) is 17.7 Å². The molecule has 0 saturated heterocycles. The molecule has 0 unspecified atom stereocenters. The largest absolute Gasteiger partial charge is 0.495 e. The Morgan fingerprint density at radius 2 is 1.76 bits per heavy atom. The number of unbranched alkanes of at least 4 members (excludes halogenated alkanes) is 1. The number of aryl methyl sites for hydroxylation is 1. The zero-order valence-electron chi connectivity index (χ0n) is 14.9. The lowest BCUT2D eigenvalue weighted by molar-refractivity contribution is -0.114. The minimum Gasteiger partial charge on any atom is -0.495 e. The molecule has 2 aromatic carbocycles. The molecular weight excluding hydrogens is 316 g/mol. The minimum atomic E-state index is -0.204. The van der Waals surface area contributed by atoms with Crippen molar-refractivity contribution in [3.63, 3.8) is 0 Å². The highest BCUT2D eigenvalue weighted by molar-refractivity contribution is 6.04. The first-order chi connectivity index (χ1) is 12.0. The topological polar surface area (TPSA) is 67.4 Å². The van der Waals surface area contributed by atoms with E-state index in [0.717, 1.165) is 19.3 Å². The van der Waals surface area contributed by atoms with Crippen molar-refractivity contribution in [2.45, 2.75) is 33.1 Å². The van der Waals surface area contributed by atoms with E-state index in [2.05, 4.69) is 17.6 Å². The SMILES string of the molecule is CCCCc1ccc(C(=O)Nc2ccc(OC)c(NC(C)=O)c2)cc1. The Kier molecular flexibility index (Phi) is 6.57. The van der Waals surface area contributed by atoms with Gasteiger partial charge in [0.1, 0.15) is 5.75 Å². The molecule has 0 saturated carbocycles. The first-order valence-electron chi connectivity index (χ1n) is 8.39. The van der Waals surface area contributed by atoms with Gasteiger partial charge in [-0.2, -0.15) is 0 Å². The maximum atomic E-state index is 12.4. The van der Waals surface area contributed by atoms with E-state index in [-0.39, 0.29) is 11.8 Å². The Labute approximate surface area is 148 Å². The van der Waals surface area contributed by atoms with E-state index in [1.807, 2.05) is 24.3 Å². The molecule has 132 valence electrons. The summed E-state index contributed by atoms with van der Waals surface area (Å²) in [5.74, 6) is 0.138. The molecular formula is C20H24N2O3. The second-order valence-electron chi connectivity index (χ2n) is 5.85. The highest BCUT2D eigenvalue weighted by Gasteiger charge is 2.10. The Morgan fingerprint density at radius 3 is 2.36 bits per heavy atom. The van der Waals surface area contributed by atoms with Crippen LogP contribution < -0.4 is 15.4 Å². The predicted molar refractivity (Wildman–Crippen MR) is 100 cm³/mol. The number of nitrogens with one attached hydrogen (secondary N) is 2. The Morgan fingerprint density at radius 1 is 1.04 bits per heavy atom. The van der Waals surface area contributed by atoms with Gasteiger partial charge in [-0.1, -0.05) is 25.5 Å². The van der Waals surface area contributed by atoms with E-state index in [1.54, 1.807) is 18.2 Å². The molecule has 2 N–H and O–H groups in total. The van der Waals surface area contributed by atoms with Gasteiger partial charge in [-0.05, 0) is 48.7 Å². The van der Waals surface area contributed by atoms with Crippen LogP contribution in [0.3, 0.4) is 0 Å². The average Bonchev–Trinajstić information content (AvgIpc) is 2.60. The Bertz CT molecular complexity index is 739. The number of carbonyl (C=O) groups is 2. The third kappa shape index (κ3) is 5.35. The van der Waals surface area contributed by atoms with Crippen molar-refractivity contribution >= 4 is 23.2 Å². The normalized spacial score (nSPS) is 10.2. The molecule has 0 aliphatic rings. The van der Waals surface area contributed by atoms with E-state index in [4.69, 9.17) is 4.74 Å². The number of hydrogen-bond acceptors (Lipinski definition) is 3. The number of carbonyl (C=O) groups excluding carboxylic acids is 2. The van der Waals surface area contributed by atoms with Crippen LogP contribution in [0.1, 0.15) is 42.6 Å². The summed E-state index contributed by atoms with van der Waals surface area (Å²) in [6, 6.07) is 12.7. The predicted octanol–water partition coefficient (Wildman–Crippen LogP) is 4.25. The molecule has 0 aromatic heterocycles. The molecule has 0 fully saturated rings. The fourth-order valence-electron chi connectivity index (χ4n) is 2.48. The number of benzene rings is 2. The van der Waals surface area contributed by atoms with Gasteiger partial charge in [0.05, 0.1) is 12.8 Å². The Balaban J connectivity index is 2.10. The van der Waals surface area contributed by atoms with Crippen LogP contribution in [-0.2, 0) is 11.2 Å². The quantitative estimate of drug-likeness (QED) is 0.792. The van der Waals surface area contributed by atoms with Gasteiger partial charge in [0.25, 0.3) is 5.91 Å². The number of hydrogen-bond donors (Lipinski definition) is 2.